The molecule has 0 unspecified atom stereocenters. The molecule has 1 heterocycles. The Morgan fingerprint density at radius 1 is 0.933 bits per heavy atom. The fourth-order valence-electron chi connectivity index (χ4n) is 1.74. The van der Waals surface area contributed by atoms with Crippen molar-refractivity contribution in [1.29, 1.82) is 0 Å². The number of rotatable bonds is 3. The quantitative estimate of drug-likeness (QED) is 0.582. The van der Waals surface area contributed by atoms with Crippen LogP contribution in [0.25, 0.3) is 0 Å². The van der Waals surface area contributed by atoms with Crippen LogP contribution in [-0.2, 0) is 0 Å². The van der Waals surface area contributed by atoms with Gasteiger partial charge < -0.3 is 0 Å². The second-order valence-electron chi connectivity index (χ2n) is 3.76. The molecule has 0 atom stereocenters. The summed E-state index contributed by atoms with van der Waals surface area (Å²) in [5.41, 5.74) is 0. The Morgan fingerprint density at radius 2 is 1.53 bits per heavy atom. The van der Waals surface area contributed by atoms with Crippen LogP contribution in [-0.4, -0.2) is 23.7 Å². The van der Waals surface area contributed by atoms with Crippen LogP contribution >= 0.6 is 23.7 Å². The van der Waals surface area contributed by atoms with Gasteiger partial charge in [0, 0.05) is 22.9 Å². The second kappa shape index (κ2) is 5.83. The fraction of sp³-hybridized carbons (Fsp3) is 0.500. The topological polar surface area (TPSA) is 3.24 Å². The van der Waals surface area contributed by atoms with Crippen molar-refractivity contribution in [1.82, 2.24) is 4.31 Å². The normalized spacial score (nSPS) is 17.9. The van der Waals surface area contributed by atoms with Crippen molar-refractivity contribution in [3.8, 4) is 0 Å². The number of thioether (sulfide) groups is 1. The van der Waals surface area contributed by atoms with E-state index in [9.17, 15) is 0 Å². The maximum Gasteiger partial charge on any atom is 0.0231 e. The Bertz CT molecular complexity index is 291. The van der Waals surface area contributed by atoms with Gasteiger partial charge in [-0.3, -0.25) is 0 Å². The van der Waals surface area contributed by atoms with E-state index in [-0.39, 0.29) is 0 Å². The summed E-state index contributed by atoms with van der Waals surface area (Å²) in [6.07, 6.45) is 6.24. The molecule has 0 aromatic heterocycles. The molecule has 3 heteroatoms. The molecule has 0 saturated carbocycles. The Balaban J connectivity index is 1.91. The van der Waals surface area contributed by atoms with Crippen LogP contribution in [0.4, 0.5) is 0 Å². The molecule has 1 aliphatic rings. The zero-order valence-electron chi connectivity index (χ0n) is 9.11. The zero-order chi connectivity index (χ0) is 10.5. The van der Waals surface area contributed by atoms with E-state index in [4.69, 9.17) is 0 Å². The lowest BCUT2D eigenvalue weighted by Crippen LogP contribution is -2.22. The molecule has 15 heavy (non-hydrogen) atoms. The van der Waals surface area contributed by atoms with E-state index in [1.807, 2.05) is 11.9 Å². The second-order valence-corrected chi connectivity index (χ2v) is 5.81. The molecule has 1 aromatic rings. The summed E-state index contributed by atoms with van der Waals surface area (Å²) >= 11 is 3.71. The number of piperidine rings is 1. The number of hydrogen-bond donors (Lipinski definition) is 0. The Kier molecular flexibility index (Phi) is 4.42. The van der Waals surface area contributed by atoms with Crippen LogP contribution in [0.3, 0.4) is 0 Å². The zero-order valence-corrected chi connectivity index (χ0v) is 10.7. The van der Waals surface area contributed by atoms with Gasteiger partial charge in [0.05, 0.1) is 0 Å². The van der Waals surface area contributed by atoms with Crippen LogP contribution in [0.1, 0.15) is 19.3 Å². The lowest BCUT2D eigenvalue weighted by Gasteiger charge is -2.24. The smallest absolute Gasteiger partial charge is 0.0231 e. The lowest BCUT2D eigenvalue weighted by atomic mass is 10.2. The summed E-state index contributed by atoms with van der Waals surface area (Å²) in [7, 11) is 0. The maximum atomic E-state index is 2.48. The predicted octanol–water partition coefficient (Wildman–Crippen LogP) is 3.90. The van der Waals surface area contributed by atoms with Gasteiger partial charge in [-0.05, 0) is 55.3 Å². The number of benzene rings is 1. The summed E-state index contributed by atoms with van der Waals surface area (Å²) in [6.45, 7) is 2.49. The highest BCUT2D eigenvalue weighted by Crippen LogP contribution is 2.27. The molecule has 1 fully saturated rings. The van der Waals surface area contributed by atoms with Gasteiger partial charge in [0.1, 0.15) is 0 Å². The summed E-state index contributed by atoms with van der Waals surface area (Å²) < 4.78 is 2.48. The summed E-state index contributed by atoms with van der Waals surface area (Å²) in [6, 6.07) is 8.87. The van der Waals surface area contributed by atoms with Crippen molar-refractivity contribution in [2.45, 2.75) is 29.1 Å². The van der Waals surface area contributed by atoms with Crippen molar-refractivity contribution in [2.24, 2.45) is 0 Å². The molecule has 1 aliphatic heterocycles. The summed E-state index contributed by atoms with van der Waals surface area (Å²) in [5.74, 6) is 0. The average Bonchev–Trinajstić information content (AvgIpc) is 2.31. The minimum absolute atomic E-state index is 1.24. The first-order valence-electron chi connectivity index (χ1n) is 5.45. The van der Waals surface area contributed by atoms with Gasteiger partial charge >= 0.3 is 0 Å². The molecule has 0 amide bonds. The first-order chi connectivity index (χ1) is 7.38. The third-order valence-electron chi connectivity index (χ3n) is 2.61. The van der Waals surface area contributed by atoms with E-state index >= 15 is 0 Å². The van der Waals surface area contributed by atoms with Gasteiger partial charge in [-0.25, -0.2) is 4.31 Å². The molecule has 1 saturated heterocycles. The van der Waals surface area contributed by atoms with Crippen LogP contribution in [0, 0.1) is 0 Å². The van der Waals surface area contributed by atoms with Gasteiger partial charge in [-0.2, -0.15) is 0 Å². The monoisotopic (exact) mass is 239 g/mol. The molecular formula is C12H17NS2. The van der Waals surface area contributed by atoms with E-state index in [2.05, 4.69) is 34.8 Å². The van der Waals surface area contributed by atoms with Gasteiger partial charge in [-0.15, -0.1) is 11.8 Å². The highest BCUT2D eigenvalue weighted by atomic mass is 32.2. The molecule has 82 valence electrons. The molecular weight excluding hydrogens is 222 g/mol. The minimum atomic E-state index is 1.24. The third-order valence-corrected chi connectivity index (χ3v) is 4.46. The minimum Gasteiger partial charge on any atom is -0.246 e. The molecule has 0 N–H and O–H groups in total. The summed E-state index contributed by atoms with van der Waals surface area (Å²) in [5, 5.41) is 0. The Labute approximate surface area is 101 Å². The Hall–Kier alpha value is -0.120. The molecule has 0 aliphatic carbocycles. The van der Waals surface area contributed by atoms with Crippen molar-refractivity contribution >= 4 is 23.7 Å². The largest absolute Gasteiger partial charge is 0.246 e. The lowest BCUT2D eigenvalue weighted by molar-refractivity contribution is 0.380. The molecule has 0 spiro atoms. The first kappa shape index (κ1) is 11.4. The van der Waals surface area contributed by atoms with Gasteiger partial charge in [0.2, 0.25) is 0 Å². The molecule has 0 radical (unpaired) electrons. The summed E-state index contributed by atoms with van der Waals surface area (Å²) in [4.78, 5) is 2.72. The third kappa shape index (κ3) is 3.44. The predicted molar refractivity (Wildman–Crippen MR) is 69.5 cm³/mol. The number of hydrogen-bond acceptors (Lipinski definition) is 3. The highest BCUT2D eigenvalue weighted by Gasteiger charge is 2.10. The van der Waals surface area contributed by atoms with Crippen molar-refractivity contribution in [3.63, 3.8) is 0 Å². The molecule has 0 bridgehead atoms. The molecule has 1 nitrogen and oxygen atoms in total. The van der Waals surface area contributed by atoms with Crippen LogP contribution in [0.5, 0.6) is 0 Å². The van der Waals surface area contributed by atoms with E-state index < -0.39 is 0 Å². The Morgan fingerprint density at radius 3 is 2.13 bits per heavy atom. The number of nitrogens with zero attached hydrogens (tertiary/aromatic N) is 1. The van der Waals surface area contributed by atoms with E-state index in [0.29, 0.717) is 0 Å². The highest BCUT2D eigenvalue weighted by molar-refractivity contribution is 7.98. The van der Waals surface area contributed by atoms with Crippen molar-refractivity contribution < 1.29 is 0 Å². The molecule has 2 rings (SSSR count). The maximum absolute atomic E-state index is 2.48. The standard InChI is InChI=1S/C12H17NS2/c1-14-11-5-7-12(8-6-11)15-13-9-3-2-4-10-13/h5-8H,2-4,9-10H2,1H3. The molecule has 1 aromatic carbocycles. The van der Waals surface area contributed by atoms with Crippen LogP contribution in [0.2, 0.25) is 0 Å². The SMILES string of the molecule is CSc1ccc(SN2CCCCC2)cc1. The van der Waals surface area contributed by atoms with Gasteiger partial charge in [-0.1, -0.05) is 6.42 Å². The van der Waals surface area contributed by atoms with Gasteiger partial charge in [0.25, 0.3) is 0 Å². The van der Waals surface area contributed by atoms with Crippen molar-refractivity contribution in [3.05, 3.63) is 24.3 Å². The van der Waals surface area contributed by atoms with Gasteiger partial charge in [0.15, 0.2) is 0 Å². The fourth-order valence-corrected chi connectivity index (χ4v) is 3.15. The van der Waals surface area contributed by atoms with E-state index in [0.717, 1.165) is 0 Å². The van der Waals surface area contributed by atoms with Crippen LogP contribution in [0.15, 0.2) is 34.1 Å². The van der Waals surface area contributed by atoms with Crippen LogP contribution < -0.4 is 0 Å². The first-order valence-corrected chi connectivity index (χ1v) is 7.45. The van der Waals surface area contributed by atoms with Crippen molar-refractivity contribution in [2.75, 3.05) is 19.3 Å². The van der Waals surface area contributed by atoms with E-state index in [1.165, 1.54) is 42.1 Å². The average molecular weight is 239 g/mol. The van der Waals surface area contributed by atoms with E-state index in [1.54, 1.807) is 11.8 Å².